The molecule has 0 saturated carbocycles. The third kappa shape index (κ3) is 2.65. The molecule has 0 aliphatic heterocycles. The molecule has 0 spiro atoms. The van der Waals surface area contributed by atoms with Crippen molar-refractivity contribution in [3.8, 4) is 11.5 Å². The highest BCUT2D eigenvalue weighted by atomic mass is 16.5. The maximum atomic E-state index is 6.10. The van der Waals surface area contributed by atoms with Gasteiger partial charge in [0.2, 0.25) is 0 Å². The van der Waals surface area contributed by atoms with Crippen LogP contribution in [0, 0.1) is 27.7 Å². The van der Waals surface area contributed by atoms with E-state index in [0.717, 1.165) is 45.1 Å². The van der Waals surface area contributed by atoms with Gasteiger partial charge in [0, 0.05) is 11.4 Å². The van der Waals surface area contributed by atoms with E-state index in [1.165, 1.54) is 0 Å². The van der Waals surface area contributed by atoms with Gasteiger partial charge in [-0.05, 0) is 74.2 Å². The molecule has 0 atom stereocenters. The molecular formula is C16H20N2O. The molecule has 2 rings (SSSR count). The monoisotopic (exact) mass is 256 g/mol. The van der Waals surface area contributed by atoms with Crippen molar-refractivity contribution >= 4 is 11.4 Å². The first-order valence-corrected chi connectivity index (χ1v) is 6.29. The van der Waals surface area contributed by atoms with E-state index in [2.05, 4.69) is 0 Å². The third-order valence-corrected chi connectivity index (χ3v) is 3.17. The van der Waals surface area contributed by atoms with Crippen LogP contribution in [-0.2, 0) is 0 Å². The summed E-state index contributed by atoms with van der Waals surface area (Å²) in [7, 11) is 0. The lowest BCUT2D eigenvalue weighted by molar-refractivity contribution is 0.468. The van der Waals surface area contributed by atoms with Crippen molar-refractivity contribution in [2.24, 2.45) is 0 Å². The van der Waals surface area contributed by atoms with Crippen molar-refractivity contribution in [1.29, 1.82) is 0 Å². The first kappa shape index (κ1) is 13.3. The Kier molecular flexibility index (Phi) is 3.38. The molecule has 3 heteroatoms. The minimum atomic E-state index is 0.758. The summed E-state index contributed by atoms with van der Waals surface area (Å²) in [6.07, 6.45) is 0. The molecule has 0 saturated heterocycles. The van der Waals surface area contributed by atoms with Crippen LogP contribution in [0.4, 0.5) is 11.4 Å². The lowest BCUT2D eigenvalue weighted by Gasteiger charge is -2.16. The normalized spacial score (nSPS) is 10.5. The van der Waals surface area contributed by atoms with Crippen LogP contribution in [0.1, 0.15) is 22.3 Å². The number of hydrogen-bond acceptors (Lipinski definition) is 3. The Morgan fingerprint density at radius 1 is 0.632 bits per heavy atom. The lowest BCUT2D eigenvalue weighted by atomic mass is 10.1. The van der Waals surface area contributed by atoms with Crippen LogP contribution < -0.4 is 16.2 Å². The zero-order chi connectivity index (χ0) is 14.2. The zero-order valence-corrected chi connectivity index (χ0v) is 11.9. The van der Waals surface area contributed by atoms with Gasteiger partial charge in [0.15, 0.2) is 0 Å². The number of nitrogen functional groups attached to an aromatic ring is 2. The van der Waals surface area contributed by atoms with Crippen LogP contribution in [-0.4, -0.2) is 0 Å². The number of rotatable bonds is 2. The summed E-state index contributed by atoms with van der Waals surface area (Å²) in [5.74, 6) is 1.73. The van der Waals surface area contributed by atoms with Gasteiger partial charge in [-0.2, -0.15) is 0 Å². The van der Waals surface area contributed by atoms with Crippen molar-refractivity contribution in [2.75, 3.05) is 11.5 Å². The van der Waals surface area contributed by atoms with Crippen LogP contribution in [0.2, 0.25) is 0 Å². The maximum Gasteiger partial charge on any atom is 0.133 e. The summed E-state index contributed by atoms with van der Waals surface area (Å²) in [6.45, 7) is 8.00. The molecule has 3 nitrogen and oxygen atoms in total. The van der Waals surface area contributed by atoms with E-state index in [-0.39, 0.29) is 0 Å². The molecule has 19 heavy (non-hydrogen) atoms. The van der Waals surface area contributed by atoms with Crippen LogP contribution >= 0.6 is 0 Å². The Morgan fingerprint density at radius 3 is 1.16 bits per heavy atom. The highest BCUT2D eigenvalue weighted by molar-refractivity contribution is 5.57. The predicted molar refractivity (Wildman–Crippen MR) is 80.7 cm³/mol. The molecule has 0 aromatic heterocycles. The van der Waals surface area contributed by atoms with Gasteiger partial charge in [-0.25, -0.2) is 0 Å². The Morgan fingerprint density at radius 2 is 0.895 bits per heavy atom. The fraction of sp³-hybridized carbons (Fsp3) is 0.250. The van der Waals surface area contributed by atoms with Crippen molar-refractivity contribution in [3.63, 3.8) is 0 Å². The Hall–Kier alpha value is -2.16. The van der Waals surface area contributed by atoms with Gasteiger partial charge in [-0.1, -0.05) is 0 Å². The topological polar surface area (TPSA) is 61.3 Å². The van der Waals surface area contributed by atoms with E-state index in [9.17, 15) is 0 Å². The minimum Gasteiger partial charge on any atom is -0.456 e. The van der Waals surface area contributed by atoms with Crippen molar-refractivity contribution in [1.82, 2.24) is 0 Å². The summed E-state index contributed by atoms with van der Waals surface area (Å²) < 4.78 is 6.10. The Labute approximate surface area is 114 Å². The molecule has 0 bridgehead atoms. The molecule has 0 heterocycles. The number of aryl methyl sites for hydroxylation is 4. The van der Waals surface area contributed by atoms with Crippen LogP contribution in [0.25, 0.3) is 0 Å². The molecular weight excluding hydrogens is 236 g/mol. The first-order valence-electron chi connectivity index (χ1n) is 6.29. The molecule has 0 unspecified atom stereocenters. The average Bonchev–Trinajstić information content (AvgIpc) is 2.25. The van der Waals surface area contributed by atoms with Crippen molar-refractivity contribution < 1.29 is 4.74 Å². The molecule has 100 valence electrons. The molecule has 0 radical (unpaired) electrons. The average molecular weight is 256 g/mol. The quantitative estimate of drug-likeness (QED) is 0.802. The van der Waals surface area contributed by atoms with E-state index < -0.39 is 0 Å². The van der Waals surface area contributed by atoms with E-state index >= 15 is 0 Å². The van der Waals surface area contributed by atoms with Crippen LogP contribution in [0.15, 0.2) is 24.3 Å². The highest BCUT2D eigenvalue weighted by Crippen LogP contribution is 2.35. The number of anilines is 2. The van der Waals surface area contributed by atoms with Gasteiger partial charge in [0.05, 0.1) is 0 Å². The van der Waals surface area contributed by atoms with Gasteiger partial charge in [-0.3, -0.25) is 0 Å². The molecule has 2 aromatic rings. The summed E-state index contributed by atoms with van der Waals surface area (Å²) in [5, 5.41) is 0. The van der Waals surface area contributed by atoms with Crippen LogP contribution in [0.5, 0.6) is 11.5 Å². The summed E-state index contributed by atoms with van der Waals surface area (Å²) in [5.41, 5.74) is 17.3. The summed E-state index contributed by atoms with van der Waals surface area (Å²) in [6, 6.07) is 7.68. The fourth-order valence-electron chi connectivity index (χ4n) is 2.39. The molecule has 0 amide bonds. The van der Waals surface area contributed by atoms with Gasteiger partial charge < -0.3 is 16.2 Å². The van der Waals surface area contributed by atoms with E-state index in [1.54, 1.807) is 0 Å². The van der Waals surface area contributed by atoms with Crippen LogP contribution in [0.3, 0.4) is 0 Å². The Balaban J connectivity index is 2.48. The largest absolute Gasteiger partial charge is 0.456 e. The number of benzene rings is 2. The summed E-state index contributed by atoms with van der Waals surface area (Å²) >= 11 is 0. The van der Waals surface area contributed by atoms with Gasteiger partial charge in [0.1, 0.15) is 11.5 Å². The molecule has 0 aliphatic rings. The first-order chi connectivity index (χ1) is 8.88. The van der Waals surface area contributed by atoms with E-state index in [1.807, 2.05) is 52.0 Å². The predicted octanol–water partition coefficient (Wildman–Crippen LogP) is 3.88. The molecule has 4 N–H and O–H groups in total. The SMILES string of the molecule is Cc1cc(N)cc(C)c1Oc1c(C)cc(N)cc1C. The summed E-state index contributed by atoms with van der Waals surface area (Å²) in [4.78, 5) is 0. The standard InChI is InChI=1S/C16H20N2O/c1-9-5-13(17)6-10(2)15(9)19-16-11(3)7-14(18)8-12(16)4/h5-8H,17-18H2,1-4H3. The number of nitrogens with two attached hydrogens (primary N) is 2. The highest BCUT2D eigenvalue weighted by Gasteiger charge is 2.11. The van der Waals surface area contributed by atoms with Gasteiger partial charge >= 0.3 is 0 Å². The fourth-order valence-corrected chi connectivity index (χ4v) is 2.39. The number of hydrogen-bond donors (Lipinski definition) is 2. The Bertz CT molecular complexity index is 531. The smallest absolute Gasteiger partial charge is 0.133 e. The lowest BCUT2D eigenvalue weighted by Crippen LogP contribution is -1.98. The third-order valence-electron chi connectivity index (χ3n) is 3.17. The van der Waals surface area contributed by atoms with Crippen molar-refractivity contribution in [2.45, 2.75) is 27.7 Å². The number of ether oxygens (including phenoxy) is 1. The molecule has 0 aliphatic carbocycles. The van der Waals surface area contributed by atoms with E-state index in [4.69, 9.17) is 16.2 Å². The van der Waals surface area contributed by atoms with E-state index in [0.29, 0.717) is 0 Å². The maximum absolute atomic E-state index is 6.10. The van der Waals surface area contributed by atoms with Gasteiger partial charge in [0.25, 0.3) is 0 Å². The second-order valence-corrected chi connectivity index (χ2v) is 5.07. The molecule has 0 fully saturated rings. The second-order valence-electron chi connectivity index (χ2n) is 5.07. The minimum absolute atomic E-state index is 0.758. The zero-order valence-electron chi connectivity index (χ0n) is 11.9. The molecule has 2 aromatic carbocycles. The van der Waals surface area contributed by atoms with Gasteiger partial charge in [-0.15, -0.1) is 0 Å². The van der Waals surface area contributed by atoms with Crippen molar-refractivity contribution in [3.05, 3.63) is 46.5 Å². The second kappa shape index (κ2) is 4.84.